The van der Waals surface area contributed by atoms with Gasteiger partial charge in [0.1, 0.15) is 0 Å². The summed E-state index contributed by atoms with van der Waals surface area (Å²) in [5.41, 5.74) is 1.72. The monoisotopic (exact) mass is 243 g/mol. The normalized spacial score (nSPS) is 18.8. The molecule has 1 atom stereocenters. The molecule has 1 amide bonds. The van der Waals surface area contributed by atoms with Crippen LogP contribution < -0.4 is 4.90 Å². The maximum absolute atomic E-state index is 11.8. The Morgan fingerprint density at radius 2 is 2.28 bits per heavy atom. The van der Waals surface area contributed by atoms with Gasteiger partial charge >= 0.3 is 5.97 Å². The van der Waals surface area contributed by atoms with Crippen LogP contribution in [0.25, 0.3) is 0 Å². The molecule has 0 aliphatic carbocycles. The second kappa shape index (κ2) is 4.53. The molecule has 1 unspecified atom stereocenters. The van der Waals surface area contributed by atoms with Crippen LogP contribution >= 0.6 is 0 Å². The van der Waals surface area contributed by atoms with Gasteiger partial charge in [0.05, 0.1) is 5.56 Å². The van der Waals surface area contributed by atoms with Crippen molar-refractivity contribution in [1.82, 2.24) is 0 Å². The van der Waals surface area contributed by atoms with Crippen LogP contribution in [0.1, 0.15) is 22.3 Å². The van der Waals surface area contributed by atoms with Crippen LogP contribution in [0.15, 0.2) is 18.2 Å². The Morgan fingerprint density at radius 1 is 1.56 bits per heavy atom. The van der Waals surface area contributed by atoms with Crippen molar-refractivity contribution in [2.24, 2.45) is 5.92 Å². The third-order valence-electron chi connectivity index (χ3n) is 3.10. The third-order valence-corrected chi connectivity index (χ3v) is 3.10. The molecule has 1 heterocycles. The van der Waals surface area contributed by atoms with E-state index in [0.717, 1.165) is 11.3 Å². The lowest BCUT2D eigenvalue weighted by Crippen LogP contribution is -2.25. The van der Waals surface area contributed by atoms with Gasteiger partial charge in [0.15, 0.2) is 0 Å². The minimum atomic E-state index is -0.973. The summed E-state index contributed by atoms with van der Waals surface area (Å²) in [5, 5.41) is 8.89. The molecule has 0 bridgehead atoms. The highest BCUT2D eigenvalue weighted by molar-refractivity contribution is 5.97. The van der Waals surface area contributed by atoms with Crippen molar-refractivity contribution < 1.29 is 14.7 Å². The maximum Gasteiger partial charge on any atom is 0.335 e. The number of hydrogen-bond donors (Lipinski definition) is 1. The van der Waals surface area contributed by atoms with E-state index in [4.69, 9.17) is 11.5 Å². The number of carbonyl (C=O) groups excluding carboxylic acids is 1. The number of anilines is 1. The van der Waals surface area contributed by atoms with Crippen LogP contribution in [0, 0.1) is 25.2 Å². The summed E-state index contributed by atoms with van der Waals surface area (Å²) < 4.78 is 0. The minimum Gasteiger partial charge on any atom is -0.478 e. The van der Waals surface area contributed by atoms with Crippen molar-refractivity contribution in [2.75, 3.05) is 11.4 Å². The maximum atomic E-state index is 11.8. The van der Waals surface area contributed by atoms with Gasteiger partial charge in [0, 0.05) is 24.6 Å². The number of aromatic carboxylic acids is 1. The van der Waals surface area contributed by atoms with Gasteiger partial charge in [-0.3, -0.25) is 4.79 Å². The first kappa shape index (κ1) is 12.2. The van der Waals surface area contributed by atoms with Gasteiger partial charge in [-0.2, -0.15) is 0 Å². The fraction of sp³-hybridized carbons (Fsp3) is 0.286. The van der Waals surface area contributed by atoms with Gasteiger partial charge in [-0.1, -0.05) is 0 Å². The van der Waals surface area contributed by atoms with E-state index in [1.54, 1.807) is 24.0 Å². The van der Waals surface area contributed by atoms with Gasteiger partial charge in [0.25, 0.3) is 0 Å². The van der Waals surface area contributed by atoms with E-state index < -0.39 is 5.97 Å². The molecule has 0 aromatic heterocycles. The van der Waals surface area contributed by atoms with Crippen molar-refractivity contribution in [1.29, 1.82) is 0 Å². The van der Waals surface area contributed by atoms with Crippen molar-refractivity contribution in [3.8, 4) is 12.3 Å². The number of terminal acetylenes is 1. The van der Waals surface area contributed by atoms with E-state index in [1.165, 1.54) is 6.07 Å². The second-order valence-electron chi connectivity index (χ2n) is 4.38. The Bertz CT molecular complexity index is 557. The van der Waals surface area contributed by atoms with E-state index >= 15 is 0 Å². The van der Waals surface area contributed by atoms with Crippen molar-refractivity contribution in [3.05, 3.63) is 29.3 Å². The van der Waals surface area contributed by atoms with E-state index in [9.17, 15) is 9.59 Å². The first-order valence-corrected chi connectivity index (χ1v) is 5.63. The van der Waals surface area contributed by atoms with Gasteiger partial charge < -0.3 is 10.0 Å². The fourth-order valence-electron chi connectivity index (χ4n) is 2.14. The Kier molecular flexibility index (Phi) is 3.07. The van der Waals surface area contributed by atoms with Crippen LogP contribution in [-0.4, -0.2) is 23.5 Å². The topological polar surface area (TPSA) is 57.6 Å². The number of aryl methyl sites for hydroxylation is 1. The highest BCUT2D eigenvalue weighted by Crippen LogP contribution is 2.28. The summed E-state index contributed by atoms with van der Waals surface area (Å²) in [6, 6.07) is 4.73. The van der Waals surface area contributed by atoms with Crippen LogP contribution in [0.5, 0.6) is 0 Å². The largest absolute Gasteiger partial charge is 0.478 e. The van der Waals surface area contributed by atoms with Crippen LogP contribution in [-0.2, 0) is 4.79 Å². The average molecular weight is 243 g/mol. The zero-order chi connectivity index (χ0) is 13.3. The molecule has 0 radical (unpaired) electrons. The molecule has 1 fully saturated rings. The molecule has 4 heteroatoms. The van der Waals surface area contributed by atoms with Crippen molar-refractivity contribution >= 4 is 17.6 Å². The predicted molar refractivity (Wildman–Crippen MR) is 67.4 cm³/mol. The zero-order valence-electron chi connectivity index (χ0n) is 10.0. The smallest absolute Gasteiger partial charge is 0.335 e. The Balaban J connectivity index is 2.33. The van der Waals surface area contributed by atoms with Crippen LogP contribution in [0.2, 0.25) is 0 Å². The first-order valence-electron chi connectivity index (χ1n) is 5.63. The Labute approximate surface area is 105 Å². The molecule has 0 spiro atoms. The van der Waals surface area contributed by atoms with E-state index in [1.807, 2.05) is 0 Å². The standard InChI is InChI=1S/C14H13NO3/c1-3-10-7-13(16)15(8-10)12-5-4-11(14(17)18)6-9(12)2/h1,4-6,10H,7-8H2,2H3,(H,17,18). The molecule has 2 rings (SSSR count). The average Bonchev–Trinajstić information content (AvgIpc) is 2.70. The summed E-state index contributed by atoms with van der Waals surface area (Å²) in [7, 11) is 0. The highest BCUT2D eigenvalue weighted by Gasteiger charge is 2.30. The molecule has 1 aromatic rings. The molecular formula is C14H13NO3. The third kappa shape index (κ3) is 2.07. The van der Waals surface area contributed by atoms with Gasteiger partial charge in [0.2, 0.25) is 5.91 Å². The number of benzene rings is 1. The molecule has 4 nitrogen and oxygen atoms in total. The SMILES string of the molecule is C#CC1CC(=O)N(c2ccc(C(=O)O)cc2C)C1. The predicted octanol–water partition coefficient (Wildman–Crippen LogP) is 1.68. The Morgan fingerprint density at radius 3 is 2.78 bits per heavy atom. The number of carbonyl (C=O) groups is 2. The molecule has 1 N–H and O–H groups in total. The van der Waals surface area contributed by atoms with Crippen molar-refractivity contribution in [3.63, 3.8) is 0 Å². The molecule has 92 valence electrons. The molecule has 1 saturated heterocycles. The van der Waals surface area contributed by atoms with Crippen LogP contribution in [0.4, 0.5) is 5.69 Å². The number of carboxylic acids is 1. The lowest BCUT2D eigenvalue weighted by atomic mass is 10.1. The first-order chi connectivity index (χ1) is 8.52. The molecular weight excluding hydrogens is 230 g/mol. The van der Waals surface area contributed by atoms with E-state index in [0.29, 0.717) is 13.0 Å². The quantitative estimate of drug-likeness (QED) is 0.804. The Hall–Kier alpha value is -2.28. The summed E-state index contributed by atoms with van der Waals surface area (Å²) in [4.78, 5) is 24.3. The molecule has 0 saturated carbocycles. The summed E-state index contributed by atoms with van der Waals surface area (Å²) >= 11 is 0. The minimum absolute atomic E-state index is 0.0101. The zero-order valence-corrected chi connectivity index (χ0v) is 10.0. The van der Waals surface area contributed by atoms with Gasteiger partial charge in [-0.05, 0) is 30.7 Å². The van der Waals surface area contributed by atoms with Gasteiger partial charge in [-0.25, -0.2) is 4.79 Å². The molecule has 18 heavy (non-hydrogen) atoms. The fourth-order valence-corrected chi connectivity index (χ4v) is 2.14. The number of rotatable bonds is 2. The highest BCUT2D eigenvalue weighted by atomic mass is 16.4. The van der Waals surface area contributed by atoms with Gasteiger partial charge in [-0.15, -0.1) is 12.3 Å². The molecule has 1 aliphatic rings. The summed E-state index contributed by atoms with van der Waals surface area (Å²) in [6.45, 7) is 2.29. The number of hydrogen-bond acceptors (Lipinski definition) is 2. The van der Waals surface area contributed by atoms with Crippen LogP contribution in [0.3, 0.4) is 0 Å². The molecule has 1 aromatic carbocycles. The second-order valence-corrected chi connectivity index (χ2v) is 4.38. The lowest BCUT2D eigenvalue weighted by molar-refractivity contribution is -0.117. The summed E-state index contributed by atoms with van der Waals surface area (Å²) in [6.07, 6.45) is 5.69. The molecule has 1 aliphatic heterocycles. The van der Waals surface area contributed by atoms with E-state index in [2.05, 4.69) is 5.92 Å². The number of carboxylic acid groups (broad SMARTS) is 1. The van der Waals surface area contributed by atoms with E-state index in [-0.39, 0.29) is 17.4 Å². The van der Waals surface area contributed by atoms with Crippen molar-refractivity contribution in [2.45, 2.75) is 13.3 Å². The number of amides is 1. The summed E-state index contributed by atoms with van der Waals surface area (Å²) in [5.74, 6) is 1.54. The lowest BCUT2D eigenvalue weighted by Gasteiger charge is -2.18. The number of nitrogens with zero attached hydrogens (tertiary/aromatic N) is 1.